The van der Waals surface area contributed by atoms with Crippen LogP contribution in [0.2, 0.25) is 5.02 Å². The van der Waals surface area contributed by atoms with Gasteiger partial charge in [-0.15, -0.1) is 11.3 Å². The monoisotopic (exact) mass is 386 g/mol. The lowest BCUT2D eigenvalue weighted by Crippen LogP contribution is -2.41. The minimum absolute atomic E-state index is 0.0225. The molecule has 1 saturated carbocycles. The number of hydrogen-bond acceptors (Lipinski definition) is 4. The minimum Gasteiger partial charge on any atom is -0.317 e. The molecular weight excluding hydrogens is 372 g/mol. The zero-order chi connectivity index (χ0) is 14.0. The Balaban J connectivity index is 2.02. The normalized spacial score (nSPS) is 24.6. The van der Waals surface area contributed by atoms with E-state index in [0.29, 0.717) is 14.9 Å². The van der Waals surface area contributed by atoms with Gasteiger partial charge in [0.05, 0.1) is 8.81 Å². The third-order valence-corrected chi connectivity index (χ3v) is 7.81. The van der Waals surface area contributed by atoms with Gasteiger partial charge in [0.2, 0.25) is 10.0 Å². The van der Waals surface area contributed by atoms with E-state index in [1.807, 2.05) is 7.05 Å². The minimum atomic E-state index is -3.45. The van der Waals surface area contributed by atoms with Gasteiger partial charge in [0.15, 0.2) is 0 Å². The lowest BCUT2D eigenvalue weighted by atomic mass is 9.92. The molecule has 0 atom stereocenters. The van der Waals surface area contributed by atoms with E-state index in [0.717, 1.165) is 37.0 Å². The highest BCUT2D eigenvalue weighted by Gasteiger charge is 2.26. The Morgan fingerprint density at radius 3 is 2.37 bits per heavy atom. The first kappa shape index (κ1) is 15.7. The molecule has 19 heavy (non-hydrogen) atoms. The van der Waals surface area contributed by atoms with Gasteiger partial charge in [0.25, 0.3) is 0 Å². The molecule has 0 bridgehead atoms. The molecule has 1 aliphatic carbocycles. The Kier molecular flexibility index (Phi) is 5.30. The molecule has 1 aliphatic rings. The van der Waals surface area contributed by atoms with E-state index in [9.17, 15) is 8.42 Å². The maximum Gasteiger partial charge on any atom is 0.250 e. The third kappa shape index (κ3) is 3.92. The average Bonchev–Trinajstić information content (AvgIpc) is 2.71. The molecule has 1 aromatic heterocycles. The highest BCUT2D eigenvalue weighted by molar-refractivity contribution is 9.11. The first-order chi connectivity index (χ1) is 8.92. The van der Waals surface area contributed by atoms with Crippen molar-refractivity contribution in [1.82, 2.24) is 10.0 Å². The van der Waals surface area contributed by atoms with E-state index < -0.39 is 10.0 Å². The van der Waals surface area contributed by atoms with Crippen LogP contribution in [-0.4, -0.2) is 27.5 Å². The molecule has 0 aliphatic heterocycles. The van der Waals surface area contributed by atoms with E-state index in [2.05, 4.69) is 26.0 Å². The first-order valence-electron chi connectivity index (χ1n) is 6.07. The molecule has 2 N–H and O–H groups in total. The summed E-state index contributed by atoms with van der Waals surface area (Å²) in [5.74, 6) is 0. The Bertz CT molecular complexity index is 519. The average molecular weight is 388 g/mol. The lowest BCUT2D eigenvalue weighted by molar-refractivity contribution is 0.343. The van der Waals surface area contributed by atoms with Gasteiger partial charge in [-0.1, -0.05) is 11.6 Å². The van der Waals surface area contributed by atoms with Crippen molar-refractivity contribution in [1.29, 1.82) is 0 Å². The number of halogens is 2. The fourth-order valence-electron chi connectivity index (χ4n) is 2.24. The van der Waals surface area contributed by atoms with E-state index in [-0.39, 0.29) is 10.3 Å². The SMILES string of the molecule is CNC1CCC(NS(=O)(=O)c2cc(Cl)c(Br)s2)CC1. The summed E-state index contributed by atoms with van der Waals surface area (Å²) < 4.78 is 28.1. The molecule has 0 amide bonds. The van der Waals surface area contributed by atoms with Crippen LogP contribution in [-0.2, 0) is 10.0 Å². The summed E-state index contributed by atoms with van der Waals surface area (Å²) in [6, 6.07) is 2.01. The van der Waals surface area contributed by atoms with Crippen LogP contribution in [0.25, 0.3) is 0 Å². The van der Waals surface area contributed by atoms with Crippen molar-refractivity contribution in [2.75, 3.05) is 7.05 Å². The second kappa shape index (κ2) is 6.41. The number of sulfonamides is 1. The van der Waals surface area contributed by atoms with Crippen molar-refractivity contribution in [3.63, 3.8) is 0 Å². The van der Waals surface area contributed by atoms with Gasteiger partial charge in [-0.05, 0) is 54.7 Å². The Morgan fingerprint density at radius 1 is 1.32 bits per heavy atom. The smallest absolute Gasteiger partial charge is 0.250 e. The first-order valence-corrected chi connectivity index (χ1v) is 9.54. The van der Waals surface area contributed by atoms with E-state index in [1.165, 1.54) is 6.07 Å². The highest BCUT2D eigenvalue weighted by Crippen LogP contribution is 2.34. The molecule has 1 aromatic rings. The highest BCUT2D eigenvalue weighted by atomic mass is 79.9. The maximum absolute atomic E-state index is 12.2. The van der Waals surface area contributed by atoms with E-state index in [4.69, 9.17) is 11.6 Å². The maximum atomic E-state index is 12.2. The summed E-state index contributed by atoms with van der Waals surface area (Å²) in [5, 5.41) is 3.67. The van der Waals surface area contributed by atoms with Gasteiger partial charge in [0, 0.05) is 12.1 Å². The van der Waals surface area contributed by atoms with E-state index in [1.54, 1.807) is 0 Å². The second-order valence-corrected chi connectivity index (χ2v) is 9.36. The summed E-state index contributed by atoms with van der Waals surface area (Å²) in [5.41, 5.74) is 0. The van der Waals surface area contributed by atoms with Gasteiger partial charge in [-0.25, -0.2) is 13.1 Å². The number of thiophene rings is 1. The summed E-state index contributed by atoms with van der Waals surface area (Å²) in [6.07, 6.45) is 3.73. The summed E-state index contributed by atoms with van der Waals surface area (Å²) >= 11 is 10.3. The van der Waals surface area contributed by atoms with Crippen molar-refractivity contribution < 1.29 is 8.42 Å². The molecule has 0 spiro atoms. The van der Waals surface area contributed by atoms with Crippen LogP contribution in [0, 0.1) is 0 Å². The Morgan fingerprint density at radius 2 is 1.89 bits per heavy atom. The van der Waals surface area contributed by atoms with Crippen molar-refractivity contribution >= 4 is 48.9 Å². The van der Waals surface area contributed by atoms with Gasteiger partial charge >= 0.3 is 0 Å². The molecule has 8 heteroatoms. The molecule has 0 radical (unpaired) electrons. The van der Waals surface area contributed by atoms with Gasteiger partial charge in [-0.3, -0.25) is 0 Å². The standard InChI is InChI=1S/C11H16BrClN2O2S2/c1-14-7-2-4-8(5-3-7)15-19(16,17)10-6-9(13)11(12)18-10/h6-8,14-15H,2-5H2,1H3. The zero-order valence-corrected chi connectivity index (χ0v) is 14.4. The molecule has 4 nitrogen and oxygen atoms in total. The van der Waals surface area contributed by atoms with Crippen LogP contribution in [0.4, 0.5) is 0 Å². The Hall–Kier alpha value is 0.340. The molecule has 0 saturated heterocycles. The quantitative estimate of drug-likeness (QED) is 0.835. The van der Waals surface area contributed by atoms with Crippen molar-refractivity contribution in [2.24, 2.45) is 0 Å². The fourth-order valence-corrected chi connectivity index (χ4v) is 5.96. The van der Waals surface area contributed by atoms with Crippen LogP contribution in [0.3, 0.4) is 0 Å². The molecule has 1 heterocycles. The lowest BCUT2D eigenvalue weighted by Gasteiger charge is -2.28. The van der Waals surface area contributed by atoms with Crippen LogP contribution in [0.1, 0.15) is 25.7 Å². The Labute approximate surface area is 131 Å². The van der Waals surface area contributed by atoms with E-state index >= 15 is 0 Å². The molecule has 0 aromatic carbocycles. The largest absolute Gasteiger partial charge is 0.317 e. The molecule has 108 valence electrons. The summed E-state index contributed by atoms with van der Waals surface area (Å²) in [7, 11) is -1.51. The van der Waals surface area contributed by atoms with Crippen LogP contribution >= 0.6 is 38.9 Å². The van der Waals surface area contributed by atoms with Gasteiger partial charge in [0.1, 0.15) is 4.21 Å². The van der Waals surface area contributed by atoms with Crippen LogP contribution in [0.15, 0.2) is 14.1 Å². The number of rotatable bonds is 4. The van der Waals surface area contributed by atoms with Gasteiger partial charge in [-0.2, -0.15) is 0 Å². The predicted molar refractivity (Wildman–Crippen MR) is 82.5 cm³/mol. The third-order valence-electron chi connectivity index (χ3n) is 3.34. The van der Waals surface area contributed by atoms with Crippen molar-refractivity contribution in [3.8, 4) is 0 Å². The van der Waals surface area contributed by atoms with Crippen LogP contribution < -0.4 is 10.0 Å². The molecule has 0 unspecified atom stereocenters. The fraction of sp³-hybridized carbons (Fsp3) is 0.636. The second-order valence-electron chi connectivity index (χ2n) is 4.65. The molecule has 1 fully saturated rings. The number of hydrogen-bond donors (Lipinski definition) is 2. The van der Waals surface area contributed by atoms with Crippen molar-refractivity contribution in [3.05, 3.63) is 14.9 Å². The van der Waals surface area contributed by atoms with Crippen LogP contribution in [0.5, 0.6) is 0 Å². The van der Waals surface area contributed by atoms with Gasteiger partial charge < -0.3 is 5.32 Å². The summed E-state index contributed by atoms with van der Waals surface area (Å²) in [4.78, 5) is 0. The zero-order valence-electron chi connectivity index (χ0n) is 10.4. The number of nitrogens with one attached hydrogen (secondary N) is 2. The summed E-state index contributed by atoms with van der Waals surface area (Å²) in [6.45, 7) is 0. The topological polar surface area (TPSA) is 58.2 Å². The molecular formula is C11H16BrClN2O2S2. The molecule has 2 rings (SSSR count). The predicted octanol–water partition coefficient (Wildman–Crippen LogP) is 2.97. The van der Waals surface area contributed by atoms with Crippen molar-refractivity contribution in [2.45, 2.75) is 42.0 Å².